The predicted molar refractivity (Wildman–Crippen MR) is 82.2 cm³/mol. The first kappa shape index (κ1) is 16.3. The lowest BCUT2D eigenvalue weighted by Gasteiger charge is -2.19. The molecule has 0 radical (unpaired) electrons. The van der Waals surface area contributed by atoms with Crippen LogP contribution in [0.25, 0.3) is 6.08 Å². The van der Waals surface area contributed by atoms with Gasteiger partial charge in [-0.1, -0.05) is 27.7 Å². The third kappa shape index (κ3) is 3.86. The van der Waals surface area contributed by atoms with E-state index in [2.05, 4.69) is 44.6 Å². The van der Waals surface area contributed by atoms with Gasteiger partial charge in [-0.05, 0) is 46.7 Å². The van der Waals surface area contributed by atoms with Crippen LogP contribution in [0.5, 0.6) is 5.75 Å². The van der Waals surface area contributed by atoms with E-state index < -0.39 is 0 Å². The molecule has 0 aliphatic rings. The Hall–Kier alpha value is -1.77. The van der Waals surface area contributed by atoms with Gasteiger partial charge in [0, 0.05) is 6.08 Å². The number of carbonyl (C=O) groups excluding carboxylic acids is 1. The molecule has 0 unspecified atom stereocenters. The average Bonchev–Trinajstić information content (AvgIpc) is 2.43. The van der Waals surface area contributed by atoms with E-state index in [1.54, 1.807) is 13.2 Å². The van der Waals surface area contributed by atoms with Crippen molar-refractivity contribution in [3.63, 3.8) is 0 Å². The van der Waals surface area contributed by atoms with E-state index in [1.807, 2.05) is 0 Å². The Morgan fingerprint density at radius 1 is 1.05 bits per heavy atom. The lowest BCUT2D eigenvalue weighted by atomic mass is 9.91. The van der Waals surface area contributed by atoms with Crippen LogP contribution in [0.15, 0.2) is 18.2 Å². The first-order valence-electron chi connectivity index (χ1n) is 6.88. The highest BCUT2D eigenvalue weighted by atomic mass is 16.5. The fourth-order valence-corrected chi connectivity index (χ4v) is 2.12. The molecule has 1 aromatic carbocycles. The molecule has 0 saturated heterocycles. The van der Waals surface area contributed by atoms with Gasteiger partial charge in [0.1, 0.15) is 5.75 Å². The summed E-state index contributed by atoms with van der Waals surface area (Å²) in [7, 11) is 3.08. The largest absolute Gasteiger partial charge is 0.496 e. The molecule has 0 amide bonds. The fraction of sp³-hybridized carbons (Fsp3) is 0.471. The summed E-state index contributed by atoms with van der Waals surface area (Å²) in [5, 5.41) is 0. The van der Waals surface area contributed by atoms with E-state index in [4.69, 9.17) is 4.74 Å². The van der Waals surface area contributed by atoms with E-state index in [9.17, 15) is 4.79 Å². The van der Waals surface area contributed by atoms with Crippen LogP contribution >= 0.6 is 0 Å². The van der Waals surface area contributed by atoms with Crippen molar-refractivity contribution >= 4 is 12.0 Å². The van der Waals surface area contributed by atoms with Crippen LogP contribution in [0.1, 0.15) is 56.2 Å². The highest BCUT2D eigenvalue weighted by molar-refractivity contribution is 5.87. The fourth-order valence-electron chi connectivity index (χ4n) is 2.12. The molecule has 0 N–H and O–H groups in total. The predicted octanol–water partition coefficient (Wildman–Crippen LogP) is 4.13. The molecule has 0 atom stereocenters. The van der Waals surface area contributed by atoms with E-state index in [-0.39, 0.29) is 5.97 Å². The Balaban J connectivity index is 3.34. The molecule has 0 saturated carbocycles. The van der Waals surface area contributed by atoms with Gasteiger partial charge in [0.05, 0.1) is 14.2 Å². The molecule has 110 valence electrons. The van der Waals surface area contributed by atoms with Crippen molar-refractivity contribution in [2.75, 3.05) is 14.2 Å². The van der Waals surface area contributed by atoms with Crippen molar-refractivity contribution in [1.82, 2.24) is 0 Å². The summed E-state index contributed by atoms with van der Waals surface area (Å²) >= 11 is 0. The van der Waals surface area contributed by atoms with Crippen LogP contribution in [0.3, 0.4) is 0 Å². The van der Waals surface area contributed by atoms with Gasteiger partial charge >= 0.3 is 5.97 Å². The maximum absolute atomic E-state index is 11.2. The summed E-state index contributed by atoms with van der Waals surface area (Å²) in [6.45, 7) is 8.54. The van der Waals surface area contributed by atoms with Crippen LogP contribution in [-0.4, -0.2) is 20.2 Å². The molecule has 0 fully saturated rings. The standard InChI is InChI=1S/C17H24O3/c1-11(2)14-9-13(7-8-16(18)19-5)10-15(12(3)4)17(14)20-6/h7-12H,1-6H3. The number of hydrogen-bond acceptors (Lipinski definition) is 3. The van der Waals surface area contributed by atoms with Crippen LogP contribution in [0, 0.1) is 0 Å². The SMILES string of the molecule is COC(=O)C=Cc1cc(C(C)C)c(OC)c(C(C)C)c1. The van der Waals surface area contributed by atoms with E-state index in [0.29, 0.717) is 11.8 Å². The maximum atomic E-state index is 11.2. The summed E-state index contributed by atoms with van der Waals surface area (Å²) in [4.78, 5) is 11.2. The second kappa shape index (κ2) is 7.13. The van der Waals surface area contributed by atoms with E-state index in [0.717, 1.165) is 22.4 Å². The van der Waals surface area contributed by atoms with Crippen molar-refractivity contribution in [2.45, 2.75) is 39.5 Å². The minimum atomic E-state index is -0.349. The Morgan fingerprint density at radius 2 is 1.55 bits per heavy atom. The Kier molecular flexibility index (Phi) is 5.81. The van der Waals surface area contributed by atoms with Gasteiger partial charge in [0.25, 0.3) is 0 Å². The molecule has 1 aromatic rings. The third-order valence-corrected chi connectivity index (χ3v) is 3.23. The number of esters is 1. The first-order chi connectivity index (χ1) is 9.40. The summed E-state index contributed by atoms with van der Waals surface area (Å²) in [5.41, 5.74) is 3.30. The van der Waals surface area contributed by atoms with Gasteiger partial charge in [0.15, 0.2) is 0 Å². The highest BCUT2D eigenvalue weighted by Crippen LogP contribution is 2.35. The highest BCUT2D eigenvalue weighted by Gasteiger charge is 2.15. The molecule has 3 heteroatoms. The number of hydrogen-bond donors (Lipinski definition) is 0. The smallest absolute Gasteiger partial charge is 0.330 e. The zero-order valence-electron chi connectivity index (χ0n) is 13.2. The quantitative estimate of drug-likeness (QED) is 0.599. The monoisotopic (exact) mass is 276 g/mol. The van der Waals surface area contributed by atoms with Gasteiger partial charge in [-0.15, -0.1) is 0 Å². The molecule has 0 spiro atoms. The topological polar surface area (TPSA) is 35.5 Å². The van der Waals surface area contributed by atoms with Gasteiger partial charge in [-0.2, -0.15) is 0 Å². The molecule has 20 heavy (non-hydrogen) atoms. The summed E-state index contributed by atoms with van der Waals surface area (Å²) in [6, 6.07) is 4.13. The van der Waals surface area contributed by atoms with Gasteiger partial charge in [0.2, 0.25) is 0 Å². The zero-order valence-corrected chi connectivity index (χ0v) is 13.2. The number of ether oxygens (including phenoxy) is 2. The van der Waals surface area contributed by atoms with Crippen molar-refractivity contribution in [2.24, 2.45) is 0 Å². The normalized spacial score (nSPS) is 11.4. The van der Waals surface area contributed by atoms with Crippen molar-refractivity contribution in [3.8, 4) is 5.75 Å². The Labute approximate surface area is 121 Å². The van der Waals surface area contributed by atoms with Crippen LogP contribution in [0.4, 0.5) is 0 Å². The Bertz CT molecular complexity index is 470. The van der Waals surface area contributed by atoms with Crippen molar-refractivity contribution in [1.29, 1.82) is 0 Å². The summed E-state index contributed by atoms with van der Waals surface area (Å²) in [6.07, 6.45) is 3.22. The van der Waals surface area contributed by atoms with Crippen LogP contribution in [-0.2, 0) is 9.53 Å². The lowest BCUT2D eigenvalue weighted by molar-refractivity contribution is -0.134. The molecule has 0 bridgehead atoms. The second-order valence-corrected chi connectivity index (χ2v) is 5.40. The number of rotatable bonds is 5. The first-order valence-corrected chi connectivity index (χ1v) is 6.88. The average molecular weight is 276 g/mol. The van der Waals surface area contributed by atoms with Gasteiger partial charge in [-0.25, -0.2) is 4.79 Å². The van der Waals surface area contributed by atoms with Gasteiger partial charge < -0.3 is 9.47 Å². The minimum absolute atomic E-state index is 0.349. The lowest BCUT2D eigenvalue weighted by Crippen LogP contribution is -2.02. The number of benzene rings is 1. The second-order valence-electron chi connectivity index (χ2n) is 5.40. The number of methoxy groups -OCH3 is 2. The van der Waals surface area contributed by atoms with Crippen molar-refractivity contribution in [3.05, 3.63) is 34.9 Å². The molecule has 0 aliphatic heterocycles. The Morgan fingerprint density at radius 3 is 1.90 bits per heavy atom. The molecular weight excluding hydrogens is 252 g/mol. The molecule has 0 aliphatic carbocycles. The number of carbonyl (C=O) groups is 1. The molecular formula is C17H24O3. The third-order valence-electron chi connectivity index (χ3n) is 3.23. The van der Waals surface area contributed by atoms with Crippen LogP contribution < -0.4 is 4.74 Å². The van der Waals surface area contributed by atoms with E-state index in [1.165, 1.54) is 13.2 Å². The maximum Gasteiger partial charge on any atom is 0.330 e. The zero-order chi connectivity index (χ0) is 15.3. The molecule has 3 nitrogen and oxygen atoms in total. The van der Waals surface area contributed by atoms with Crippen LogP contribution in [0.2, 0.25) is 0 Å². The summed E-state index contributed by atoms with van der Waals surface area (Å²) in [5.74, 6) is 1.31. The summed E-state index contributed by atoms with van der Waals surface area (Å²) < 4.78 is 10.2. The van der Waals surface area contributed by atoms with Crippen molar-refractivity contribution < 1.29 is 14.3 Å². The molecule has 1 rings (SSSR count). The van der Waals surface area contributed by atoms with E-state index >= 15 is 0 Å². The van der Waals surface area contributed by atoms with Gasteiger partial charge in [-0.3, -0.25) is 0 Å². The minimum Gasteiger partial charge on any atom is -0.496 e. The molecule has 0 heterocycles. The molecule has 0 aromatic heterocycles.